The van der Waals surface area contributed by atoms with Gasteiger partial charge in [-0.15, -0.1) is 0 Å². The minimum absolute atomic E-state index is 0.0648. The first kappa shape index (κ1) is 3.87. The number of hydrogen-bond donors (Lipinski definition) is 1. The lowest BCUT2D eigenvalue weighted by Crippen LogP contribution is -2.13. The zero-order valence-electron chi connectivity index (χ0n) is 3.06. The number of nitrogens with zero attached hydrogens (tertiary/aromatic N) is 2. The summed E-state index contributed by atoms with van der Waals surface area (Å²) in [6.45, 7) is 0.599. The summed E-state index contributed by atoms with van der Waals surface area (Å²) in [6, 6.07) is 0. The molecule has 1 rings (SSSR count). The van der Waals surface area contributed by atoms with E-state index in [1.165, 1.54) is 0 Å². The van der Waals surface area contributed by atoms with E-state index in [1.807, 2.05) is 0 Å². The van der Waals surface area contributed by atoms with Crippen LogP contribution in [0.25, 0.3) is 0 Å². The fourth-order valence-corrected chi connectivity index (χ4v) is 0.362. The van der Waals surface area contributed by atoms with Crippen molar-refractivity contribution in [3.8, 4) is 0 Å². The first-order chi connectivity index (χ1) is 2.89. The Kier molecular flexibility index (Phi) is 0.919. The van der Waals surface area contributed by atoms with Crippen molar-refractivity contribution in [2.24, 2.45) is 10.3 Å². The molecule has 0 spiro atoms. The molecule has 1 unspecified atom stereocenters. The summed E-state index contributed by atoms with van der Waals surface area (Å²) in [5, 5.41) is 6.95. The van der Waals surface area contributed by atoms with Gasteiger partial charge in [0.05, 0.1) is 6.54 Å². The zero-order chi connectivity index (χ0) is 4.41. The molecular weight excluding hydrogens is 101 g/mol. The van der Waals surface area contributed by atoms with Gasteiger partial charge in [0.15, 0.2) is 0 Å². The van der Waals surface area contributed by atoms with Crippen LogP contribution in [0.1, 0.15) is 0 Å². The van der Waals surface area contributed by atoms with Gasteiger partial charge in [0.2, 0.25) is 0 Å². The van der Waals surface area contributed by atoms with Gasteiger partial charge in [-0.2, -0.15) is 5.11 Å². The van der Waals surface area contributed by atoms with Gasteiger partial charge in [0, 0.05) is 0 Å². The van der Waals surface area contributed by atoms with E-state index in [4.69, 9.17) is 11.6 Å². The first-order valence-electron chi connectivity index (χ1n) is 1.65. The van der Waals surface area contributed by atoms with Crippen LogP contribution in [-0.2, 0) is 0 Å². The van der Waals surface area contributed by atoms with E-state index in [0.717, 1.165) is 0 Å². The molecule has 0 aromatic rings. The number of hydrogen-bond acceptors (Lipinski definition) is 3. The summed E-state index contributed by atoms with van der Waals surface area (Å²) in [4.78, 5) is 0. The maximum Gasteiger partial charge on any atom is 0.140 e. The molecule has 1 heterocycles. The first-order valence-corrected chi connectivity index (χ1v) is 2.09. The van der Waals surface area contributed by atoms with Crippen molar-refractivity contribution in [2.45, 2.75) is 5.50 Å². The molecule has 0 aromatic carbocycles. The fraction of sp³-hybridized carbons (Fsp3) is 1.00. The van der Waals surface area contributed by atoms with Crippen molar-refractivity contribution in [2.75, 3.05) is 6.54 Å². The van der Waals surface area contributed by atoms with Gasteiger partial charge in [-0.05, 0) is 0 Å². The van der Waals surface area contributed by atoms with E-state index >= 15 is 0 Å². The van der Waals surface area contributed by atoms with E-state index in [-0.39, 0.29) is 5.50 Å². The van der Waals surface area contributed by atoms with Gasteiger partial charge in [0.25, 0.3) is 0 Å². The smallest absolute Gasteiger partial charge is 0.140 e. The summed E-state index contributed by atoms with van der Waals surface area (Å²) < 4.78 is 0. The zero-order valence-corrected chi connectivity index (χ0v) is 3.81. The van der Waals surface area contributed by atoms with Gasteiger partial charge in [0.1, 0.15) is 5.50 Å². The summed E-state index contributed by atoms with van der Waals surface area (Å²) in [5.41, 5.74) is 2.48. The van der Waals surface area contributed by atoms with Crippen molar-refractivity contribution >= 4 is 11.6 Å². The number of alkyl halides is 1. The second-order valence-corrected chi connectivity index (χ2v) is 1.55. The molecule has 6 heavy (non-hydrogen) atoms. The quantitative estimate of drug-likeness (QED) is 0.354. The molecule has 0 bridgehead atoms. The molecule has 1 atom stereocenters. The van der Waals surface area contributed by atoms with E-state index in [0.29, 0.717) is 6.54 Å². The normalized spacial score (nSPS) is 30.5. The molecule has 0 saturated carbocycles. The predicted octanol–water partition coefficient (Wildman–Crippen LogP) is 0.522. The van der Waals surface area contributed by atoms with Crippen molar-refractivity contribution in [3.05, 3.63) is 0 Å². The molecule has 1 aliphatic rings. The lowest BCUT2D eigenvalue weighted by Gasteiger charge is -1.89. The van der Waals surface area contributed by atoms with Gasteiger partial charge in [-0.25, -0.2) is 0 Å². The predicted molar refractivity (Wildman–Crippen MR) is 22.5 cm³/mol. The minimum Gasteiger partial charge on any atom is -0.272 e. The molecule has 1 aliphatic heterocycles. The molecular formula is C2H4ClN3. The fourth-order valence-electron chi connectivity index (χ4n) is 0.257. The molecule has 0 aromatic heterocycles. The van der Waals surface area contributed by atoms with Crippen molar-refractivity contribution in [1.29, 1.82) is 0 Å². The minimum atomic E-state index is -0.0648. The van der Waals surface area contributed by atoms with Crippen LogP contribution in [-0.4, -0.2) is 12.0 Å². The van der Waals surface area contributed by atoms with Crippen LogP contribution in [0, 0.1) is 0 Å². The highest BCUT2D eigenvalue weighted by atomic mass is 35.5. The van der Waals surface area contributed by atoms with Gasteiger partial charge < -0.3 is 0 Å². The van der Waals surface area contributed by atoms with Crippen LogP contribution in [0.2, 0.25) is 0 Å². The molecule has 34 valence electrons. The Morgan fingerprint density at radius 1 is 1.83 bits per heavy atom. The van der Waals surface area contributed by atoms with Crippen molar-refractivity contribution < 1.29 is 0 Å². The van der Waals surface area contributed by atoms with Crippen molar-refractivity contribution in [1.82, 2.24) is 5.43 Å². The molecule has 3 nitrogen and oxygen atoms in total. The molecule has 0 radical (unpaired) electrons. The van der Waals surface area contributed by atoms with E-state index in [9.17, 15) is 0 Å². The Balaban J connectivity index is 2.32. The highest BCUT2D eigenvalue weighted by Gasteiger charge is 2.03. The van der Waals surface area contributed by atoms with E-state index < -0.39 is 0 Å². The summed E-state index contributed by atoms with van der Waals surface area (Å²) in [5.74, 6) is 0. The number of halogens is 1. The molecule has 0 saturated heterocycles. The molecule has 0 amide bonds. The third-order valence-corrected chi connectivity index (χ3v) is 0.746. The van der Waals surface area contributed by atoms with Gasteiger partial charge in [-0.3, -0.25) is 5.43 Å². The van der Waals surface area contributed by atoms with Crippen molar-refractivity contribution in [3.63, 3.8) is 0 Å². The maximum absolute atomic E-state index is 5.41. The molecule has 1 N–H and O–H groups in total. The Bertz CT molecular complexity index is 63.2. The molecule has 0 aliphatic carbocycles. The molecule has 4 heteroatoms. The average molecular weight is 106 g/mol. The van der Waals surface area contributed by atoms with Crippen LogP contribution in [0.3, 0.4) is 0 Å². The van der Waals surface area contributed by atoms with Crippen LogP contribution in [0.4, 0.5) is 0 Å². The van der Waals surface area contributed by atoms with Gasteiger partial charge in [-0.1, -0.05) is 16.8 Å². The Morgan fingerprint density at radius 3 is 2.83 bits per heavy atom. The second-order valence-electron chi connectivity index (χ2n) is 1.02. The lowest BCUT2D eigenvalue weighted by atomic mass is 10.7. The third-order valence-electron chi connectivity index (χ3n) is 0.510. The largest absolute Gasteiger partial charge is 0.272 e. The third kappa shape index (κ3) is 0.597. The van der Waals surface area contributed by atoms with E-state index in [1.54, 1.807) is 0 Å². The summed E-state index contributed by atoms with van der Waals surface area (Å²) in [6.07, 6.45) is 0. The Hall–Kier alpha value is -0.310. The van der Waals surface area contributed by atoms with Crippen LogP contribution >= 0.6 is 11.6 Å². The van der Waals surface area contributed by atoms with E-state index in [2.05, 4.69) is 15.8 Å². The molecule has 0 fully saturated rings. The topological polar surface area (TPSA) is 36.8 Å². The monoisotopic (exact) mass is 105 g/mol. The summed E-state index contributed by atoms with van der Waals surface area (Å²) in [7, 11) is 0. The lowest BCUT2D eigenvalue weighted by molar-refractivity contribution is 0.773. The van der Waals surface area contributed by atoms with Crippen LogP contribution in [0.5, 0.6) is 0 Å². The number of nitrogens with one attached hydrogen (secondary N) is 1. The summed E-state index contributed by atoms with van der Waals surface area (Å²) >= 11 is 5.41. The SMILES string of the molecule is ClC1CN=NN1. The highest BCUT2D eigenvalue weighted by Crippen LogP contribution is 1.96. The number of rotatable bonds is 0. The Labute approximate surface area is 40.4 Å². The highest BCUT2D eigenvalue weighted by molar-refractivity contribution is 6.20. The second kappa shape index (κ2) is 1.43. The van der Waals surface area contributed by atoms with Gasteiger partial charge >= 0.3 is 0 Å². The maximum atomic E-state index is 5.41. The average Bonchev–Trinajstić information content (AvgIpc) is 1.86. The van der Waals surface area contributed by atoms with Crippen LogP contribution < -0.4 is 5.43 Å². The Morgan fingerprint density at radius 2 is 2.67 bits per heavy atom. The standard InChI is InChI=1S/C2H4ClN3/c3-2-1-4-6-5-2/h2H,1H2,(H,4,5). The van der Waals surface area contributed by atoms with Crippen LogP contribution in [0.15, 0.2) is 10.3 Å².